The zero-order valence-electron chi connectivity index (χ0n) is 1.86. The van der Waals surface area contributed by atoms with Gasteiger partial charge in [-0.05, 0) is 0 Å². The number of rotatable bonds is 0. The van der Waals surface area contributed by atoms with Crippen LogP contribution >= 0.6 is 0 Å². The Hall–Kier alpha value is 1.45. The minimum atomic E-state index is 0. The molecule has 0 heterocycles. The van der Waals surface area contributed by atoms with Gasteiger partial charge in [0.25, 0.3) is 0 Å². The summed E-state index contributed by atoms with van der Waals surface area (Å²) < 4.78 is 0. The maximum atomic E-state index is 0. The van der Waals surface area contributed by atoms with Gasteiger partial charge in [-0.15, -0.1) is 0 Å². The average Bonchev–Trinajstić information content (AvgIpc) is 0. The SMILES string of the molecule is [Mg+2].[MgH2].[NH2-].[NH2-]. The molecule has 0 rings (SSSR count). The average molecular weight is 82.7 g/mol. The molecule has 0 aromatic carbocycles. The summed E-state index contributed by atoms with van der Waals surface area (Å²) in [7, 11) is 0. The first-order valence-corrected chi connectivity index (χ1v) is 0. The summed E-state index contributed by atoms with van der Waals surface area (Å²) in [6.07, 6.45) is 0. The molecule has 4 N–H and O–H groups in total. The first kappa shape index (κ1) is 51.2. The van der Waals surface area contributed by atoms with E-state index in [2.05, 4.69) is 0 Å². The molecule has 0 unspecified atom stereocenters. The molecular formula is H6Mg2N2. The standard InChI is InChI=1S/2Mg.2H2N.2H/h;;2*1H2;;/q;+2;2*-1;;. The van der Waals surface area contributed by atoms with Gasteiger partial charge < -0.3 is 12.3 Å². The molecule has 0 aliphatic heterocycles. The molecule has 0 saturated heterocycles. The van der Waals surface area contributed by atoms with Crippen LogP contribution in [-0.4, -0.2) is 46.1 Å². The minimum Gasteiger partial charge on any atom is -0.693 e. The van der Waals surface area contributed by atoms with E-state index in [0.717, 1.165) is 0 Å². The third-order valence-electron chi connectivity index (χ3n) is 0. The van der Waals surface area contributed by atoms with E-state index in [0.29, 0.717) is 0 Å². The Kier molecular flexibility index (Phi) is 322. The van der Waals surface area contributed by atoms with Crippen molar-refractivity contribution < 1.29 is 0 Å². The third kappa shape index (κ3) is 9.84. The molecule has 0 atom stereocenters. The van der Waals surface area contributed by atoms with Crippen molar-refractivity contribution in [1.82, 2.24) is 0 Å². The fourth-order valence-corrected chi connectivity index (χ4v) is 0. The van der Waals surface area contributed by atoms with Gasteiger partial charge in [0.2, 0.25) is 0 Å². The van der Waals surface area contributed by atoms with Gasteiger partial charge in [0, 0.05) is 0 Å². The van der Waals surface area contributed by atoms with E-state index in [1.54, 1.807) is 0 Å². The van der Waals surface area contributed by atoms with Gasteiger partial charge in [0.05, 0.1) is 0 Å². The van der Waals surface area contributed by atoms with Crippen LogP contribution in [0.3, 0.4) is 0 Å². The molecule has 0 aromatic heterocycles. The second-order valence-electron chi connectivity index (χ2n) is 0. The van der Waals surface area contributed by atoms with Gasteiger partial charge in [0.15, 0.2) is 0 Å². The molecule has 0 spiro atoms. The first-order valence-electron chi connectivity index (χ1n) is 0. The second-order valence-corrected chi connectivity index (χ2v) is 0. The van der Waals surface area contributed by atoms with Crippen LogP contribution in [0.2, 0.25) is 0 Å². The second kappa shape index (κ2) is 25.2. The van der Waals surface area contributed by atoms with E-state index in [1.165, 1.54) is 0 Å². The van der Waals surface area contributed by atoms with Crippen molar-refractivity contribution in [3.63, 3.8) is 0 Å². The molecule has 0 amide bonds. The molecule has 4 heavy (non-hydrogen) atoms. The molecule has 0 aliphatic carbocycles. The first-order chi connectivity index (χ1) is 0. The Labute approximate surface area is 58.2 Å². The van der Waals surface area contributed by atoms with Crippen LogP contribution in [0.4, 0.5) is 0 Å². The molecule has 0 aliphatic rings. The van der Waals surface area contributed by atoms with Crippen LogP contribution in [0.25, 0.3) is 12.3 Å². The predicted octanol–water partition coefficient (Wildman–Crippen LogP) is 0.137. The largest absolute Gasteiger partial charge is 2.00 e. The molecule has 0 fully saturated rings. The van der Waals surface area contributed by atoms with Crippen LogP contribution in [0.1, 0.15) is 0 Å². The fraction of sp³-hybridized carbons (Fsp3) is 0. The molecular weight excluding hydrogens is 76.6 g/mol. The summed E-state index contributed by atoms with van der Waals surface area (Å²) in [4.78, 5) is 0. The Balaban J connectivity index is 0. The number of nitrogens with two attached hydrogens (primary N) is 2. The van der Waals surface area contributed by atoms with Crippen molar-refractivity contribution in [2.75, 3.05) is 0 Å². The van der Waals surface area contributed by atoms with Crippen molar-refractivity contribution in [2.45, 2.75) is 0 Å². The van der Waals surface area contributed by atoms with Gasteiger partial charge in [-0.25, -0.2) is 0 Å². The quantitative estimate of drug-likeness (QED) is 0.373. The Bertz CT molecular complexity index is 4.00. The summed E-state index contributed by atoms with van der Waals surface area (Å²) in [5, 5.41) is 0. The minimum absolute atomic E-state index is 0. The summed E-state index contributed by atoms with van der Waals surface area (Å²) in [6, 6.07) is 0. The van der Waals surface area contributed by atoms with Crippen LogP contribution in [-0.2, 0) is 0 Å². The third-order valence-corrected chi connectivity index (χ3v) is 0. The molecule has 0 radical (unpaired) electrons. The van der Waals surface area contributed by atoms with Crippen molar-refractivity contribution in [2.24, 2.45) is 0 Å². The van der Waals surface area contributed by atoms with Gasteiger partial charge in [-0.2, -0.15) is 0 Å². The summed E-state index contributed by atoms with van der Waals surface area (Å²) in [5.74, 6) is 0. The van der Waals surface area contributed by atoms with Crippen LogP contribution < -0.4 is 0 Å². The monoisotopic (exact) mass is 82.0 g/mol. The van der Waals surface area contributed by atoms with Crippen LogP contribution in [0.5, 0.6) is 0 Å². The Morgan fingerprint density at radius 1 is 0.750 bits per heavy atom. The van der Waals surface area contributed by atoms with Crippen molar-refractivity contribution in [3.8, 4) is 0 Å². The molecule has 0 bridgehead atoms. The zero-order valence-corrected chi connectivity index (χ0v) is 3.28. The van der Waals surface area contributed by atoms with E-state index < -0.39 is 0 Å². The molecule has 2 nitrogen and oxygen atoms in total. The van der Waals surface area contributed by atoms with E-state index in [9.17, 15) is 0 Å². The Morgan fingerprint density at radius 3 is 0.750 bits per heavy atom. The predicted molar refractivity (Wildman–Crippen MR) is 24.9 cm³/mol. The summed E-state index contributed by atoms with van der Waals surface area (Å²) in [5.41, 5.74) is 0. The van der Waals surface area contributed by atoms with Crippen LogP contribution in [0, 0.1) is 0 Å². The van der Waals surface area contributed by atoms with Crippen molar-refractivity contribution in [3.05, 3.63) is 12.3 Å². The summed E-state index contributed by atoms with van der Waals surface area (Å²) >= 11 is 0. The normalized spacial score (nSPS) is 0. The summed E-state index contributed by atoms with van der Waals surface area (Å²) in [6.45, 7) is 0. The van der Waals surface area contributed by atoms with Gasteiger partial charge >= 0.3 is 46.1 Å². The molecule has 4 heteroatoms. The van der Waals surface area contributed by atoms with E-state index in [1.807, 2.05) is 0 Å². The van der Waals surface area contributed by atoms with Gasteiger partial charge in [-0.1, -0.05) is 0 Å². The topological polar surface area (TPSA) is 67.0 Å². The zero-order chi connectivity index (χ0) is 0. The van der Waals surface area contributed by atoms with Crippen molar-refractivity contribution in [1.29, 1.82) is 0 Å². The number of hydrogen-bond acceptors (Lipinski definition) is 0. The smallest absolute Gasteiger partial charge is 0.693 e. The Morgan fingerprint density at radius 2 is 0.750 bits per heavy atom. The maximum Gasteiger partial charge on any atom is 2.00 e. The molecule has 20 valence electrons. The van der Waals surface area contributed by atoms with Gasteiger partial charge in [-0.3, -0.25) is 0 Å². The van der Waals surface area contributed by atoms with Gasteiger partial charge in [0.1, 0.15) is 0 Å². The molecule has 0 saturated carbocycles. The molecule has 0 aromatic rings. The van der Waals surface area contributed by atoms with E-state index in [-0.39, 0.29) is 58.4 Å². The fourth-order valence-electron chi connectivity index (χ4n) is 0. The number of hydrogen-bond donors (Lipinski definition) is 0. The van der Waals surface area contributed by atoms with E-state index in [4.69, 9.17) is 0 Å². The van der Waals surface area contributed by atoms with Crippen molar-refractivity contribution >= 4 is 46.1 Å². The van der Waals surface area contributed by atoms with Crippen LogP contribution in [0.15, 0.2) is 0 Å². The maximum absolute atomic E-state index is 0. The van der Waals surface area contributed by atoms with E-state index >= 15 is 0 Å².